The molecular formula is C14H12N2O3S. The van der Waals surface area contributed by atoms with Crippen molar-refractivity contribution in [3.05, 3.63) is 47.9 Å². The summed E-state index contributed by atoms with van der Waals surface area (Å²) in [6.45, 7) is 0. The molecule has 0 unspecified atom stereocenters. The molecule has 1 aromatic carbocycles. The molecule has 2 heterocycles. The summed E-state index contributed by atoms with van der Waals surface area (Å²) < 4.78 is 7.06. The van der Waals surface area contributed by atoms with Gasteiger partial charge in [-0.1, -0.05) is 30.0 Å². The smallest absolute Gasteiger partial charge is 0.371 e. The first-order valence-corrected chi connectivity index (χ1v) is 7.00. The number of hydrogen-bond acceptors (Lipinski definition) is 4. The lowest BCUT2D eigenvalue weighted by Crippen LogP contribution is -1.91. The van der Waals surface area contributed by atoms with Crippen LogP contribution in [0.1, 0.15) is 16.2 Å². The quantitative estimate of drug-likeness (QED) is 0.747. The van der Waals surface area contributed by atoms with Gasteiger partial charge in [0, 0.05) is 18.2 Å². The Kier molecular flexibility index (Phi) is 3.23. The Bertz CT molecular complexity index is 776. The van der Waals surface area contributed by atoms with Gasteiger partial charge in [-0.15, -0.1) is 0 Å². The average Bonchev–Trinajstić information content (AvgIpc) is 3.03. The number of thioether (sulfide) groups is 1. The van der Waals surface area contributed by atoms with Crippen molar-refractivity contribution in [3.8, 4) is 0 Å². The summed E-state index contributed by atoms with van der Waals surface area (Å²) in [5.41, 5.74) is 2.04. The van der Waals surface area contributed by atoms with Crippen molar-refractivity contribution in [3.63, 3.8) is 0 Å². The molecule has 102 valence electrons. The fourth-order valence-corrected chi connectivity index (χ4v) is 2.85. The molecule has 6 heteroatoms. The van der Waals surface area contributed by atoms with Gasteiger partial charge in [-0.25, -0.2) is 4.79 Å². The summed E-state index contributed by atoms with van der Waals surface area (Å²) in [6, 6.07) is 11.1. The van der Waals surface area contributed by atoms with Crippen molar-refractivity contribution in [1.29, 1.82) is 0 Å². The lowest BCUT2D eigenvalue weighted by molar-refractivity contribution is 0.0656. The maximum absolute atomic E-state index is 10.7. The minimum absolute atomic E-state index is 0.0432. The molecule has 0 amide bonds. The fraction of sp³-hybridized carbons (Fsp3) is 0.143. The van der Waals surface area contributed by atoms with Crippen LogP contribution in [0.25, 0.3) is 10.9 Å². The third-order valence-corrected chi connectivity index (χ3v) is 3.90. The minimum Gasteiger partial charge on any atom is -0.475 e. The Morgan fingerprint density at radius 3 is 2.90 bits per heavy atom. The van der Waals surface area contributed by atoms with Crippen molar-refractivity contribution in [1.82, 2.24) is 9.78 Å². The molecule has 0 saturated carbocycles. The molecule has 0 bridgehead atoms. The highest BCUT2D eigenvalue weighted by Crippen LogP contribution is 2.27. The van der Waals surface area contributed by atoms with Gasteiger partial charge in [-0.3, -0.25) is 4.68 Å². The lowest BCUT2D eigenvalue weighted by Gasteiger charge is -1.95. The van der Waals surface area contributed by atoms with Gasteiger partial charge in [0.15, 0.2) is 5.09 Å². The zero-order valence-corrected chi connectivity index (χ0v) is 11.6. The molecule has 0 radical (unpaired) electrons. The van der Waals surface area contributed by atoms with Crippen molar-refractivity contribution in [2.45, 2.75) is 10.8 Å². The molecule has 3 aromatic rings. The van der Waals surface area contributed by atoms with Gasteiger partial charge >= 0.3 is 5.97 Å². The zero-order chi connectivity index (χ0) is 14.1. The van der Waals surface area contributed by atoms with E-state index in [0.717, 1.165) is 16.6 Å². The van der Waals surface area contributed by atoms with E-state index in [1.165, 1.54) is 17.8 Å². The van der Waals surface area contributed by atoms with E-state index in [0.29, 0.717) is 10.8 Å². The summed E-state index contributed by atoms with van der Waals surface area (Å²) in [5, 5.41) is 15.0. The molecule has 0 fully saturated rings. The molecule has 0 aliphatic rings. The van der Waals surface area contributed by atoms with Crippen LogP contribution in [-0.4, -0.2) is 20.9 Å². The number of furan rings is 1. The largest absolute Gasteiger partial charge is 0.475 e. The molecule has 1 N–H and O–H groups in total. The number of carbonyl (C=O) groups is 1. The van der Waals surface area contributed by atoms with E-state index >= 15 is 0 Å². The SMILES string of the molecule is Cn1nc(CSc2ccc(C(=O)O)o2)c2ccccc21. The number of para-hydroxylation sites is 1. The number of benzene rings is 1. The summed E-state index contributed by atoms with van der Waals surface area (Å²) in [6.07, 6.45) is 0. The predicted octanol–water partition coefficient (Wildman–Crippen LogP) is 3.16. The number of aryl methyl sites for hydroxylation is 1. The maximum atomic E-state index is 10.7. The van der Waals surface area contributed by atoms with Crippen molar-refractivity contribution in [2.75, 3.05) is 0 Å². The number of carboxylic acids is 1. The van der Waals surface area contributed by atoms with E-state index in [4.69, 9.17) is 9.52 Å². The number of aromatic nitrogens is 2. The molecule has 2 aromatic heterocycles. The molecule has 3 rings (SSSR count). The molecule has 0 aliphatic carbocycles. The molecule has 5 nitrogen and oxygen atoms in total. The van der Waals surface area contributed by atoms with Crippen LogP contribution in [-0.2, 0) is 12.8 Å². The van der Waals surface area contributed by atoms with Gasteiger partial charge in [0.1, 0.15) is 0 Å². The molecule has 0 spiro atoms. The second-order valence-corrected chi connectivity index (χ2v) is 5.28. The van der Waals surface area contributed by atoms with E-state index in [9.17, 15) is 4.79 Å². The van der Waals surface area contributed by atoms with Gasteiger partial charge in [-0.2, -0.15) is 5.10 Å². The number of fused-ring (bicyclic) bond motifs is 1. The Labute approximate surface area is 119 Å². The van der Waals surface area contributed by atoms with Crippen LogP contribution < -0.4 is 0 Å². The molecule has 0 aliphatic heterocycles. The van der Waals surface area contributed by atoms with Crippen LogP contribution in [0.5, 0.6) is 0 Å². The van der Waals surface area contributed by atoms with Crippen LogP contribution in [0.4, 0.5) is 0 Å². The molecule has 0 saturated heterocycles. The summed E-state index contributed by atoms with van der Waals surface area (Å²) >= 11 is 1.43. The number of rotatable bonds is 4. The average molecular weight is 288 g/mol. The van der Waals surface area contributed by atoms with E-state index < -0.39 is 5.97 Å². The predicted molar refractivity (Wildman–Crippen MR) is 75.9 cm³/mol. The van der Waals surface area contributed by atoms with E-state index in [-0.39, 0.29) is 5.76 Å². The Morgan fingerprint density at radius 2 is 2.15 bits per heavy atom. The first-order valence-electron chi connectivity index (χ1n) is 6.01. The van der Waals surface area contributed by atoms with Gasteiger partial charge in [0.05, 0.1) is 11.2 Å². The van der Waals surface area contributed by atoms with Gasteiger partial charge < -0.3 is 9.52 Å². The monoisotopic (exact) mass is 288 g/mol. The van der Waals surface area contributed by atoms with E-state index in [1.54, 1.807) is 6.07 Å². The van der Waals surface area contributed by atoms with Crippen LogP contribution in [0.3, 0.4) is 0 Å². The number of carboxylic acid groups (broad SMARTS) is 1. The van der Waals surface area contributed by atoms with Gasteiger partial charge in [-0.05, 0) is 18.2 Å². The minimum atomic E-state index is -1.06. The maximum Gasteiger partial charge on any atom is 0.371 e. The number of hydrogen-bond donors (Lipinski definition) is 1. The van der Waals surface area contributed by atoms with Crippen LogP contribution >= 0.6 is 11.8 Å². The topological polar surface area (TPSA) is 68.3 Å². The van der Waals surface area contributed by atoms with Crippen molar-refractivity contribution in [2.24, 2.45) is 7.05 Å². The number of aromatic carboxylic acids is 1. The van der Waals surface area contributed by atoms with E-state index in [1.807, 2.05) is 36.0 Å². The first kappa shape index (κ1) is 12.8. The Hall–Kier alpha value is -2.21. The molecule has 20 heavy (non-hydrogen) atoms. The van der Waals surface area contributed by atoms with Crippen LogP contribution in [0.15, 0.2) is 45.9 Å². The van der Waals surface area contributed by atoms with E-state index in [2.05, 4.69) is 5.10 Å². The highest BCUT2D eigenvalue weighted by atomic mass is 32.2. The number of nitrogens with zero attached hydrogens (tertiary/aromatic N) is 2. The van der Waals surface area contributed by atoms with Gasteiger partial charge in [0.25, 0.3) is 0 Å². The Morgan fingerprint density at radius 1 is 1.35 bits per heavy atom. The third-order valence-electron chi connectivity index (χ3n) is 2.98. The van der Waals surface area contributed by atoms with Crippen LogP contribution in [0.2, 0.25) is 0 Å². The molecule has 0 atom stereocenters. The van der Waals surface area contributed by atoms with Gasteiger partial charge in [0.2, 0.25) is 5.76 Å². The standard InChI is InChI=1S/C14H12N2O3S/c1-16-11-5-3-2-4-9(11)10(15-16)8-20-13-7-6-12(19-13)14(17)18/h2-7H,8H2,1H3,(H,17,18). The first-order chi connectivity index (χ1) is 9.65. The Balaban J connectivity index is 1.81. The normalized spacial score (nSPS) is 11.1. The zero-order valence-electron chi connectivity index (χ0n) is 10.7. The summed E-state index contributed by atoms with van der Waals surface area (Å²) in [4.78, 5) is 10.7. The second-order valence-electron chi connectivity index (χ2n) is 4.30. The van der Waals surface area contributed by atoms with Crippen LogP contribution in [0, 0.1) is 0 Å². The summed E-state index contributed by atoms with van der Waals surface area (Å²) in [7, 11) is 1.91. The second kappa shape index (κ2) is 5.05. The third kappa shape index (κ3) is 2.30. The van der Waals surface area contributed by atoms with Crippen molar-refractivity contribution < 1.29 is 14.3 Å². The highest BCUT2D eigenvalue weighted by Gasteiger charge is 2.12. The highest BCUT2D eigenvalue weighted by molar-refractivity contribution is 7.98. The lowest BCUT2D eigenvalue weighted by atomic mass is 10.2. The molecular weight excluding hydrogens is 276 g/mol. The van der Waals surface area contributed by atoms with Crippen molar-refractivity contribution >= 4 is 28.6 Å². The fourth-order valence-electron chi connectivity index (χ4n) is 2.05. The summed E-state index contributed by atoms with van der Waals surface area (Å²) in [5.74, 6) is -0.466.